The number of nitrogens with one attached hydrogen (secondary N) is 1. The maximum atomic E-state index is 12.9. The number of anilines is 1. The molecule has 1 N–H and O–H groups in total. The van der Waals surface area contributed by atoms with Crippen molar-refractivity contribution in [1.82, 2.24) is 10.2 Å². The number of halogens is 1. The van der Waals surface area contributed by atoms with Crippen LogP contribution in [0.15, 0.2) is 57.8 Å². The molecule has 0 saturated carbocycles. The first-order valence-electron chi connectivity index (χ1n) is 8.48. The zero-order chi connectivity index (χ0) is 19.8. The van der Waals surface area contributed by atoms with Gasteiger partial charge in [0.1, 0.15) is 11.6 Å². The number of benzene rings is 2. The molecule has 3 aromatic rings. The highest BCUT2D eigenvalue weighted by molar-refractivity contribution is 8.00. The summed E-state index contributed by atoms with van der Waals surface area (Å²) in [5.41, 5.74) is 0.999. The molecule has 3 rings (SSSR count). The summed E-state index contributed by atoms with van der Waals surface area (Å²) >= 11 is 4.26. The Labute approximate surface area is 175 Å². The Balaban J connectivity index is 1.43. The summed E-state index contributed by atoms with van der Waals surface area (Å²) in [5.74, 6) is 1.38. The third-order valence-corrected chi connectivity index (χ3v) is 6.49. The van der Waals surface area contributed by atoms with E-state index in [0.717, 1.165) is 20.5 Å². The Kier molecular flexibility index (Phi) is 7.70. The van der Waals surface area contributed by atoms with E-state index in [-0.39, 0.29) is 17.5 Å². The molecule has 0 spiro atoms. The molecule has 28 heavy (non-hydrogen) atoms. The molecule has 0 bridgehead atoms. The lowest BCUT2D eigenvalue weighted by molar-refractivity contribution is -0.113. The SMILES string of the molecule is CCOc1ccc(SCC(=O)Nc2nnc(SCc3ccc(F)cc3)s2)cc1. The van der Waals surface area contributed by atoms with Gasteiger partial charge in [-0.05, 0) is 48.9 Å². The van der Waals surface area contributed by atoms with Gasteiger partial charge in [-0.2, -0.15) is 0 Å². The zero-order valence-corrected chi connectivity index (χ0v) is 17.5. The molecule has 0 fully saturated rings. The van der Waals surface area contributed by atoms with Gasteiger partial charge < -0.3 is 4.74 Å². The number of amides is 1. The van der Waals surface area contributed by atoms with Crippen molar-refractivity contribution in [2.75, 3.05) is 17.7 Å². The molecule has 1 heterocycles. The van der Waals surface area contributed by atoms with Crippen molar-refractivity contribution in [3.8, 4) is 5.75 Å². The molecule has 9 heteroatoms. The second-order valence-electron chi connectivity index (χ2n) is 5.53. The summed E-state index contributed by atoms with van der Waals surface area (Å²) in [4.78, 5) is 13.1. The Hall–Kier alpha value is -2.10. The van der Waals surface area contributed by atoms with Crippen LogP contribution < -0.4 is 10.1 Å². The summed E-state index contributed by atoms with van der Waals surface area (Å²) in [5, 5.41) is 11.3. The molecule has 5 nitrogen and oxygen atoms in total. The van der Waals surface area contributed by atoms with Crippen molar-refractivity contribution in [2.45, 2.75) is 21.9 Å². The molecule has 1 amide bonds. The van der Waals surface area contributed by atoms with Crippen molar-refractivity contribution in [2.24, 2.45) is 0 Å². The predicted octanol–water partition coefficient (Wildman–Crippen LogP) is 5.10. The monoisotopic (exact) mass is 435 g/mol. The number of carbonyl (C=O) groups is 1. The fraction of sp³-hybridized carbons (Fsp3) is 0.211. The highest BCUT2D eigenvalue weighted by Gasteiger charge is 2.10. The van der Waals surface area contributed by atoms with Crippen LogP contribution >= 0.6 is 34.9 Å². The highest BCUT2D eigenvalue weighted by Crippen LogP contribution is 2.28. The minimum Gasteiger partial charge on any atom is -0.494 e. The van der Waals surface area contributed by atoms with E-state index in [2.05, 4.69) is 15.5 Å². The fourth-order valence-corrected chi connectivity index (χ4v) is 4.57. The van der Waals surface area contributed by atoms with E-state index in [9.17, 15) is 9.18 Å². The molecule has 0 saturated heterocycles. The minimum atomic E-state index is -0.252. The van der Waals surface area contributed by atoms with Crippen molar-refractivity contribution in [3.63, 3.8) is 0 Å². The Morgan fingerprint density at radius 1 is 1.11 bits per heavy atom. The summed E-state index contributed by atoms with van der Waals surface area (Å²) in [6.45, 7) is 2.56. The van der Waals surface area contributed by atoms with Gasteiger partial charge in [0.2, 0.25) is 11.0 Å². The van der Waals surface area contributed by atoms with Crippen LogP contribution in [-0.4, -0.2) is 28.5 Å². The average molecular weight is 436 g/mol. The van der Waals surface area contributed by atoms with E-state index < -0.39 is 0 Å². The van der Waals surface area contributed by atoms with E-state index >= 15 is 0 Å². The number of aromatic nitrogens is 2. The van der Waals surface area contributed by atoms with Gasteiger partial charge in [0.25, 0.3) is 0 Å². The number of nitrogens with zero attached hydrogens (tertiary/aromatic N) is 2. The summed E-state index contributed by atoms with van der Waals surface area (Å²) in [6, 6.07) is 14.0. The fourth-order valence-electron chi connectivity index (χ4n) is 2.15. The molecule has 0 radical (unpaired) electrons. The third-order valence-electron chi connectivity index (χ3n) is 3.43. The molecule has 0 unspecified atom stereocenters. The quantitative estimate of drug-likeness (QED) is 0.373. The van der Waals surface area contributed by atoms with E-state index in [0.29, 0.717) is 17.5 Å². The van der Waals surface area contributed by atoms with Gasteiger partial charge in [-0.15, -0.1) is 22.0 Å². The van der Waals surface area contributed by atoms with Crippen molar-refractivity contribution >= 4 is 45.9 Å². The second kappa shape index (κ2) is 10.4. The Bertz CT molecular complexity index is 902. The number of ether oxygens (including phenoxy) is 1. The molecule has 146 valence electrons. The van der Waals surface area contributed by atoms with Crippen molar-refractivity contribution < 1.29 is 13.9 Å². The van der Waals surface area contributed by atoms with Crippen LogP contribution in [0.4, 0.5) is 9.52 Å². The normalized spacial score (nSPS) is 10.6. The maximum Gasteiger partial charge on any atom is 0.236 e. The summed E-state index contributed by atoms with van der Waals surface area (Å²) < 4.78 is 19.1. The van der Waals surface area contributed by atoms with Gasteiger partial charge in [-0.3, -0.25) is 10.1 Å². The lowest BCUT2D eigenvalue weighted by Gasteiger charge is -2.04. The number of hydrogen-bond donors (Lipinski definition) is 1. The number of rotatable bonds is 9. The molecule has 0 atom stereocenters. The van der Waals surface area contributed by atoms with Crippen LogP contribution in [0.5, 0.6) is 5.75 Å². The molecular formula is C19H18FN3O2S3. The van der Waals surface area contributed by atoms with E-state index in [1.54, 1.807) is 12.1 Å². The van der Waals surface area contributed by atoms with Crippen LogP contribution in [0, 0.1) is 5.82 Å². The predicted molar refractivity (Wildman–Crippen MR) is 113 cm³/mol. The molecule has 2 aromatic carbocycles. The topological polar surface area (TPSA) is 64.1 Å². The largest absolute Gasteiger partial charge is 0.494 e. The Morgan fingerprint density at radius 2 is 1.86 bits per heavy atom. The molecular weight excluding hydrogens is 417 g/mol. The van der Waals surface area contributed by atoms with Gasteiger partial charge in [-0.1, -0.05) is 35.2 Å². The lowest BCUT2D eigenvalue weighted by Crippen LogP contribution is -2.13. The standard InChI is InChI=1S/C19H18FN3O2S3/c1-2-25-15-7-9-16(10-8-15)26-12-17(24)21-18-22-23-19(28-18)27-11-13-3-5-14(20)6-4-13/h3-10H,2,11-12H2,1H3,(H,21,22,24). The second-order valence-corrected chi connectivity index (χ2v) is 8.78. The van der Waals surface area contributed by atoms with Crippen LogP contribution in [-0.2, 0) is 10.5 Å². The van der Waals surface area contributed by atoms with Crippen LogP contribution in [0.2, 0.25) is 0 Å². The summed E-state index contributed by atoms with van der Waals surface area (Å²) in [6.07, 6.45) is 0. The highest BCUT2D eigenvalue weighted by atomic mass is 32.2. The van der Waals surface area contributed by atoms with Crippen molar-refractivity contribution in [1.29, 1.82) is 0 Å². The van der Waals surface area contributed by atoms with Gasteiger partial charge in [0.15, 0.2) is 4.34 Å². The van der Waals surface area contributed by atoms with Gasteiger partial charge in [0, 0.05) is 10.6 Å². The molecule has 0 aliphatic heterocycles. The number of thioether (sulfide) groups is 2. The van der Waals surface area contributed by atoms with E-state index in [4.69, 9.17) is 4.74 Å². The van der Waals surface area contributed by atoms with Crippen molar-refractivity contribution in [3.05, 3.63) is 59.9 Å². The van der Waals surface area contributed by atoms with Gasteiger partial charge >= 0.3 is 0 Å². The van der Waals surface area contributed by atoms with E-state index in [1.165, 1.54) is 47.0 Å². The third kappa shape index (κ3) is 6.50. The molecule has 1 aromatic heterocycles. The first kappa shape index (κ1) is 20.6. The zero-order valence-electron chi connectivity index (χ0n) is 15.1. The summed E-state index contributed by atoms with van der Waals surface area (Å²) in [7, 11) is 0. The number of hydrogen-bond acceptors (Lipinski definition) is 7. The first-order valence-corrected chi connectivity index (χ1v) is 11.3. The average Bonchev–Trinajstić information content (AvgIpc) is 3.14. The molecule has 0 aliphatic rings. The van der Waals surface area contributed by atoms with Gasteiger partial charge in [0.05, 0.1) is 12.4 Å². The first-order chi connectivity index (χ1) is 13.6. The van der Waals surface area contributed by atoms with Crippen LogP contribution in [0.3, 0.4) is 0 Å². The van der Waals surface area contributed by atoms with E-state index in [1.807, 2.05) is 31.2 Å². The Morgan fingerprint density at radius 3 is 2.57 bits per heavy atom. The molecule has 0 aliphatic carbocycles. The lowest BCUT2D eigenvalue weighted by atomic mass is 10.2. The van der Waals surface area contributed by atoms with Crippen LogP contribution in [0.1, 0.15) is 12.5 Å². The number of carbonyl (C=O) groups excluding carboxylic acids is 1. The van der Waals surface area contributed by atoms with Crippen LogP contribution in [0.25, 0.3) is 0 Å². The minimum absolute atomic E-state index is 0.134. The van der Waals surface area contributed by atoms with Gasteiger partial charge in [-0.25, -0.2) is 4.39 Å². The smallest absolute Gasteiger partial charge is 0.236 e. The maximum absolute atomic E-state index is 12.9.